The smallest absolute Gasteiger partial charge is 0.279 e. The van der Waals surface area contributed by atoms with E-state index in [4.69, 9.17) is 20.8 Å². The SMILES string of the molecule is CC(Oc1ccc(Cl)cc1)C(=O)NNC(=O)C1CC(=O)N(Cc2ccco2)C1. The number of ether oxygens (including phenoxy) is 1. The summed E-state index contributed by atoms with van der Waals surface area (Å²) in [6, 6.07) is 10.1. The van der Waals surface area contributed by atoms with Crippen molar-refractivity contribution in [3.05, 3.63) is 53.4 Å². The molecular formula is C19H20ClN3O5. The molecule has 0 saturated carbocycles. The Bertz CT molecular complexity index is 838. The number of hydrogen-bond acceptors (Lipinski definition) is 5. The molecule has 9 heteroatoms. The molecule has 0 bridgehead atoms. The quantitative estimate of drug-likeness (QED) is 0.715. The number of carbonyl (C=O) groups is 3. The molecule has 0 radical (unpaired) electrons. The number of hydrogen-bond donors (Lipinski definition) is 2. The highest BCUT2D eigenvalue weighted by molar-refractivity contribution is 6.30. The largest absolute Gasteiger partial charge is 0.481 e. The summed E-state index contributed by atoms with van der Waals surface area (Å²) in [4.78, 5) is 38.0. The minimum atomic E-state index is -0.831. The molecule has 148 valence electrons. The molecule has 1 aromatic heterocycles. The van der Waals surface area contributed by atoms with Crippen LogP contribution in [-0.2, 0) is 20.9 Å². The lowest BCUT2D eigenvalue weighted by atomic mass is 10.1. The van der Waals surface area contributed by atoms with E-state index in [-0.39, 0.29) is 18.9 Å². The average molecular weight is 406 g/mol. The molecule has 2 N–H and O–H groups in total. The van der Waals surface area contributed by atoms with Gasteiger partial charge < -0.3 is 14.1 Å². The number of nitrogens with zero attached hydrogens (tertiary/aromatic N) is 1. The molecule has 1 aliphatic rings. The van der Waals surface area contributed by atoms with Crippen LogP contribution in [0.2, 0.25) is 5.02 Å². The zero-order chi connectivity index (χ0) is 20.1. The van der Waals surface area contributed by atoms with Crippen LogP contribution in [0.1, 0.15) is 19.1 Å². The fourth-order valence-corrected chi connectivity index (χ4v) is 2.91. The molecule has 0 aliphatic carbocycles. The first-order chi connectivity index (χ1) is 13.4. The lowest BCUT2D eigenvalue weighted by Crippen LogP contribution is -2.49. The van der Waals surface area contributed by atoms with Crippen molar-refractivity contribution >= 4 is 29.3 Å². The van der Waals surface area contributed by atoms with Gasteiger partial charge in [-0.05, 0) is 43.3 Å². The van der Waals surface area contributed by atoms with Crippen LogP contribution in [0.15, 0.2) is 47.1 Å². The first-order valence-corrected chi connectivity index (χ1v) is 9.12. The Labute approximate surface area is 166 Å². The molecule has 1 saturated heterocycles. The van der Waals surface area contributed by atoms with Crippen molar-refractivity contribution < 1.29 is 23.5 Å². The maximum atomic E-state index is 12.3. The van der Waals surface area contributed by atoms with Gasteiger partial charge in [0.1, 0.15) is 11.5 Å². The van der Waals surface area contributed by atoms with Crippen LogP contribution >= 0.6 is 11.6 Å². The minimum Gasteiger partial charge on any atom is -0.481 e. The number of carbonyl (C=O) groups excluding carboxylic acids is 3. The van der Waals surface area contributed by atoms with Gasteiger partial charge in [-0.2, -0.15) is 0 Å². The fourth-order valence-electron chi connectivity index (χ4n) is 2.79. The van der Waals surface area contributed by atoms with Crippen molar-refractivity contribution in [1.82, 2.24) is 15.8 Å². The van der Waals surface area contributed by atoms with E-state index in [1.54, 1.807) is 48.2 Å². The van der Waals surface area contributed by atoms with Crippen molar-refractivity contribution in [2.24, 2.45) is 5.92 Å². The molecule has 0 spiro atoms. The van der Waals surface area contributed by atoms with E-state index >= 15 is 0 Å². The summed E-state index contributed by atoms with van der Waals surface area (Å²) < 4.78 is 10.7. The molecule has 1 aliphatic heterocycles. The number of rotatable bonds is 6. The van der Waals surface area contributed by atoms with Crippen molar-refractivity contribution in [3.63, 3.8) is 0 Å². The molecular weight excluding hydrogens is 386 g/mol. The van der Waals surface area contributed by atoms with Crippen LogP contribution in [-0.4, -0.2) is 35.3 Å². The molecule has 28 heavy (non-hydrogen) atoms. The molecule has 8 nitrogen and oxygen atoms in total. The van der Waals surface area contributed by atoms with E-state index in [1.807, 2.05) is 0 Å². The molecule has 2 heterocycles. The van der Waals surface area contributed by atoms with E-state index in [9.17, 15) is 14.4 Å². The maximum Gasteiger partial charge on any atom is 0.279 e. The normalized spacial score (nSPS) is 17.3. The van der Waals surface area contributed by atoms with Gasteiger partial charge in [-0.3, -0.25) is 25.2 Å². The van der Waals surface area contributed by atoms with Crippen molar-refractivity contribution in [1.29, 1.82) is 0 Å². The first kappa shape index (κ1) is 19.8. The molecule has 2 aromatic rings. The zero-order valence-electron chi connectivity index (χ0n) is 15.2. The lowest BCUT2D eigenvalue weighted by molar-refractivity contribution is -0.134. The number of furan rings is 1. The second kappa shape index (κ2) is 8.79. The van der Waals surface area contributed by atoms with Gasteiger partial charge in [-0.15, -0.1) is 0 Å². The summed E-state index contributed by atoms with van der Waals surface area (Å²) in [5.41, 5.74) is 4.69. The molecule has 1 aromatic carbocycles. The summed E-state index contributed by atoms with van der Waals surface area (Å²) in [5, 5.41) is 0.559. The number of likely N-dealkylation sites (tertiary alicyclic amines) is 1. The maximum absolute atomic E-state index is 12.3. The van der Waals surface area contributed by atoms with Gasteiger partial charge in [0, 0.05) is 18.0 Å². The number of halogens is 1. The Morgan fingerprint density at radius 1 is 1.29 bits per heavy atom. The molecule has 2 unspecified atom stereocenters. The Hall–Kier alpha value is -3.00. The topological polar surface area (TPSA) is 101 Å². The van der Waals surface area contributed by atoms with Gasteiger partial charge >= 0.3 is 0 Å². The molecule has 1 fully saturated rings. The van der Waals surface area contributed by atoms with E-state index in [1.165, 1.54) is 6.26 Å². The highest BCUT2D eigenvalue weighted by atomic mass is 35.5. The van der Waals surface area contributed by atoms with Gasteiger partial charge in [-0.25, -0.2) is 0 Å². The molecule has 2 atom stereocenters. The zero-order valence-corrected chi connectivity index (χ0v) is 15.9. The van der Waals surface area contributed by atoms with Gasteiger partial charge in [0.15, 0.2) is 6.10 Å². The van der Waals surface area contributed by atoms with Crippen LogP contribution < -0.4 is 15.6 Å². The van der Waals surface area contributed by atoms with E-state index in [2.05, 4.69) is 10.9 Å². The number of nitrogens with one attached hydrogen (secondary N) is 2. The summed E-state index contributed by atoms with van der Waals surface area (Å²) >= 11 is 5.80. The predicted molar refractivity (Wildman–Crippen MR) is 100 cm³/mol. The lowest BCUT2D eigenvalue weighted by Gasteiger charge is -2.17. The van der Waals surface area contributed by atoms with Crippen LogP contribution in [0.3, 0.4) is 0 Å². The monoisotopic (exact) mass is 405 g/mol. The Balaban J connectivity index is 1.45. The number of hydrazine groups is 1. The van der Waals surface area contributed by atoms with Crippen LogP contribution in [0.5, 0.6) is 5.75 Å². The van der Waals surface area contributed by atoms with Gasteiger partial charge in [0.05, 0.1) is 18.7 Å². The molecule has 3 rings (SSSR count). The summed E-state index contributed by atoms with van der Waals surface area (Å²) in [6.45, 7) is 2.13. The summed E-state index contributed by atoms with van der Waals surface area (Å²) in [7, 11) is 0. The van der Waals surface area contributed by atoms with Gasteiger partial charge in [0.25, 0.3) is 5.91 Å². The standard InChI is InChI=1S/C19H20ClN3O5/c1-12(28-15-6-4-14(20)5-7-15)18(25)21-22-19(26)13-9-17(24)23(10-13)11-16-3-2-8-27-16/h2-8,12-13H,9-11H2,1H3,(H,21,25)(H,22,26). The summed E-state index contributed by atoms with van der Waals surface area (Å²) in [5.74, 6) is -0.496. The third kappa shape index (κ3) is 5.04. The number of amides is 3. The van der Waals surface area contributed by atoms with E-state index in [0.29, 0.717) is 23.1 Å². The Kier molecular flexibility index (Phi) is 6.20. The molecule has 3 amide bonds. The number of benzene rings is 1. The Morgan fingerprint density at radius 2 is 2.04 bits per heavy atom. The minimum absolute atomic E-state index is 0.0826. The van der Waals surface area contributed by atoms with E-state index in [0.717, 1.165) is 0 Å². The third-order valence-corrected chi connectivity index (χ3v) is 4.57. The predicted octanol–water partition coefficient (Wildman–Crippen LogP) is 1.90. The Morgan fingerprint density at radius 3 is 2.71 bits per heavy atom. The van der Waals surface area contributed by atoms with Crippen molar-refractivity contribution in [2.75, 3.05) is 6.54 Å². The third-order valence-electron chi connectivity index (χ3n) is 4.32. The van der Waals surface area contributed by atoms with Gasteiger partial charge in [-0.1, -0.05) is 11.6 Å². The van der Waals surface area contributed by atoms with Crippen molar-refractivity contribution in [3.8, 4) is 5.75 Å². The van der Waals surface area contributed by atoms with Crippen LogP contribution in [0.25, 0.3) is 0 Å². The van der Waals surface area contributed by atoms with Crippen LogP contribution in [0, 0.1) is 5.92 Å². The average Bonchev–Trinajstić information content (AvgIpc) is 3.32. The fraction of sp³-hybridized carbons (Fsp3) is 0.316. The van der Waals surface area contributed by atoms with Crippen LogP contribution in [0.4, 0.5) is 0 Å². The second-order valence-electron chi connectivity index (χ2n) is 6.45. The summed E-state index contributed by atoms with van der Waals surface area (Å²) in [6.07, 6.45) is 0.782. The first-order valence-electron chi connectivity index (χ1n) is 8.74. The van der Waals surface area contributed by atoms with Gasteiger partial charge in [0.2, 0.25) is 11.8 Å². The second-order valence-corrected chi connectivity index (χ2v) is 6.88. The highest BCUT2D eigenvalue weighted by Gasteiger charge is 2.35. The van der Waals surface area contributed by atoms with E-state index < -0.39 is 23.8 Å². The highest BCUT2D eigenvalue weighted by Crippen LogP contribution is 2.20. The van der Waals surface area contributed by atoms with Crippen molar-refractivity contribution in [2.45, 2.75) is 26.0 Å².